The van der Waals surface area contributed by atoms with Gasteiger partial charge in [-0.3, -0.25) is 19.6 Å². The number of carbonyl (C=O) groups excluding carboxylic acids is 1. The molecule has 1 aromatic carbocycles. The van der Waals surface area contributed by atoms with Crippen molar-refractivity contribution < 1.29 is 9.72 Å². The quantitative estimate of drug-likeness (QED) is 0.623. The van der Waals surface area contributed by atoms with Crippen molar-refractivity contribution in [2.75, 3.05) is 0 Å². The molecule has 1 amide bonds. The fraction of sp³-hybridized carbons (Fsp3) is 0.529. The van der Waals surface area contributed by atoms with Gasteiger partial charge in [0.15, 0.2) is 0 Å². The third-order valence-corrected chi connectivity index (χ3v) is 4.69. The second kappa shape index (κ2) is 6.59. The topological polar surface area (TPSA) is 81.3 Å². The van der Waals surface area contributed by atoms with Crippen LogP contribution in [0.5, 0.6) is 0 Å². The van der Waals surface area contributed by atoms with E-state index in [4.69, 9.17) is 0 Å². The zero-order valence-corrected chi connectivity index (χ0v) is 14.0. The highest BCUT2D eigenvalue weighted by Crippen LogP contribution is 2.26. The lowest BCUT2D eigenvalue weighted by molar-refractivity contribution is -0.384. The van der Waals surface area contributed by atoms with Gasteiger partial charge in [-0.2, -0.15) is 5.10 Å². The molecule has 7 nitrogen and oxygen atoms in total. The van der Waals surface area contributed by atoms with Gasteiger partial charge < -0.3 is 4.90 Å². The van der Waals surface area contributed by atoms with Crippen molar-refractivity contribution in [3.63, 3.8) is 0 Å². The Kier molecular flexibility index (Phi) is 4.51. The fourth-order valence-electron chi connectivity index (χ4n) is 3.60. The molecule has 1 heterocycles. The van der Waals surface area contributed by atoms with Gasteiger partial charge in [-0.05, 0) is 32.8 Å². The van der Waals surface area contributed by atoms with Crippen LogP contribution in [0.25, 0.3) is 10.9 Å². The van der Waals surface area contributed by atoms with Crippen molar-refractivity contribution >= 4 is 22.5 Å². The van der Waals surface area contributed by atoms with Crippen molar-refractivity contribution in [3.8, 4) is 0 Å². The molecule has 7 heteroatoms. The number of benzene rings is 1. The Labute approximate surface area is 140 Å². The van der Waals surface area contributed by atoms with Crippen LogP contribution < -0.4 is 0 Å². The van der Waals surface area contributed by atoms with Gasteiger partial charge >= 0.3 is 0 Å². The van der Waals surface area contributed by atoms with Crippen LogP contribution >= 0.6 is 0 Å². The monoisotopic (exact) mass is 330 g/mol. The van der Waals surface area contributed by atoms with Crippen LogP contribution in [-0.4, -0.2) is 37.6 Å². The van der Waals surface area contributed by atoms with Crippen LogP contribution in [-0.2, 0) is 11.3 Å². The van der Waals surface area contributed by atoms with Crippen LogP contribution in [0.1, 0.15) is 39.5 Å². The van der Waals surface area contributed by atoms with Crippen LogP contribution in [0.4, 0.5) is 5.69 Å². The Morgan fingerprint density at radius 2 is 2.12 bits per heavy atom. The molecular formula is C17H22N4O3. The molecule has 2 aromatic rings. The third kappa shape index (κ3) is 3.11. The first-order valence-electron chi connectivity index (χ1n) is 8.38. The minimum Gasteiger partial charge on any atom is -0.336 e. The molecule has 0 bridgehead atoms. The first kappa shape index (κ1) is 16.4. The minimum atomic E-state index is -0.433. The molecule has 0 radical (unpaired) electrons. The molecule has 1 saturated carbocycles. The zero-order valence-electron chi connectivity index (χ0n) is 14.0. The van der Waals surface area contributed by atoms with E-state index in [-0.39, 0.29) is 24.2 Å². The number of carbonyl (C=O) groups is 1. The lowest BCUT2D eigenvalue weighted by atomic mass is 10.1. The maximum atomic E-state index is 12.8. The highest BCUT2D eigenvalue weighted by atomic mass is 16.6. The molecule has 0 N–H and O–H groups in total. The number of nitro benzene ring substituents is 1. The number of rotatable bonds is 5. The zero-order chi connectivity index (χ0) is 17.3. The molecule has 0 unspecified atom stereocenters. The third-order valence-electron chi connectivity index (χ3n) is 4.69. The maximum Gasteiger partial charge on any atom is 0.271 e. The summed E-state index contributed by atoms with van der Waals surface area (Å²) in [6.45, 7) is 4.17. The first-order chi connectivity index (χ1) is 11.5. The number of amides is 1. The molecule has 1 aromatic heterocycles. The molecular weight excluding hydrogens is 308 g/mol. The second-order valence-corrected chi connectivity index (χ2v) is 6.64. The predicted molar refractivity (Wildman–Crippen MR) is 90.6 cm³/mol. The van der Waals surface area contributed by atoms with Crippen molar-refractivity contribution in [2.45, 2.75) is 58.2 Å². The van der Waals surface area contributed by atoms with Gasteiger partial charge in [0.05, 0.1) is 16.6 Å². The Balaban J connectivity index is 1.86. The van der Waals surface area contributed by atoms with E-state index >= 15 is 0 Å². The molecule has 1 aliphatic carbocycles. The molecule has 0 atom stereocenters. The maximum absolute atomic E-state index is 12.8. The van der Waals surface area contributed by atoms with E-state index in [0.29, 0.717) is 11.6 Å². The number of non-ortho nitro benzene ring substituents is 1. The molecule has 0 spiro atoms. The number of nitro groups is 1. The lowest BCUT2D eigenvalue weighted by Gasteiger charge is -2.32. The highest BCUT2D eigenvalue weighted by Gasteiger charge is 2.29. The number of hydrogen-bond donors (Lipinski definition) is 0. The van der Waals surface area contributed by atoms with Gasteiger partial charge in [0, 0.05) is 29.6 Å². The van der Waals surface area contributed by atoms with E-state index in [1.165, 1.54) is 12.1 Å². The van der Waals surface area contributed by atoms with E-state index in [1.807, 2.05) is 18.7 Å². The van der Waals surface area contributed by atoms with Crippen LogP contribution in [0.3, 0.4) is 0 Å². The first-order valence-corrected chi connectivity index (χ1v) is 8.38. The van der Waals surface area contributed by atoms with Crippen LogP contribution in [0, 0.1) is 10.1 Å². The fourth-order valence-corrected chi connectivity index (χ4v) is 3.60. The number of aromatic nitrogens is 2. The van der Waals surface area contributed by atoms with Crippen molar-refractivity contribution in [1.29, 1.82) is 0 Å². The van der Waals surface area contributed by atoms with Gasteiger partial charge in [0.1, 0.15) is 6.54 Å². The SMILES string of the molecule is CC(C)N(C(=O)Cn1ncc2ccc([N+](=O)[O-])cc21)C1CCCC1. The Morgan fingerprint density at radius 1 is 1.42 bits per heavy atom. The molecule has 0 aliphatic heterocycles. The Morgan fingerprint density at radius 3 is 2.75 bits per heavy atom. The van der Waals surface area contributed by atoms with Gasteiger partial charge in [-0.1, -0.05) is 12.8 Å². The summed E-state index contributed by atoms with van der Waals surface area (Å²) in [5.74, 6) is 0.0217. The van der Waals surface area contributed by atoms with Gasteiger partial charge in [0.25, 0.3) is 5.69 Å². The van der Waals surface area contributed by atoms with Gasteiger partial charge in [-0.15, -0.1) is 0 Å². The summed E-state index contributed by atoms with van der Waals surface area (Å²) in [5.41, 5.74) is 0.626. The minimum absolute atomic E-state index is 0.00760. The normalized spacial score (nSPS) is 15.3. The largest absolute Gasteiger partial charge is 0.336 e. The van der Waals surface area contributed by atoms with Gasteiger partial charge in [-0.25, -0.2) is 0 Å². The summed E-state index contributed by atoms with van der Waals surface area (Å²) in [6.07, 6.45) is 6.07. The summed E-state index contributed by atoms with van der Waals surface area (Å²) >= 11 is 0. The van der Waals surface area contributed by atoms with E-state index in [2.05, 4.69) is 5.10 Å². The van der Waals surface area contributed by atoms with Crippen molar-refractivity contribution in [1.82, 2.24) is 14.7 Å². The van der Waals surface area contributed by atoms with Crippen LogP contribution in [0.15, 0.2) is 24.4 Å². The van der Waals surface area contributed by atoms with Crippen LogP contribution in [0.2, 0.25) is 0 Å². The summed E-state index contributed by atoms with van der Waals surface area (Å²) in [5, 5.41) is 16.0. The smallest absolute Gasteiger partial charge is 0.271 e. The van der Waals surface area contributed by atoms with Gasteiger partial charge in [0.2, 0.25) is 5.91 Å². The summed E-state index contributed by atoms with van der Waals surface area (Å²) in [7, 11) is 0. The summed E-state index contributed by atoms with van der Waals surface area (Å²) < 4.78 is 1.56. The molecule has 128 valence electrons. The molecule has 24 heavy (non-hydrogen) atoms. The lowest BCUT2D eigenvalue weighted by Crippen LogP contribution is -2.45. The average Bonchev–Trinajstić information content (AvgIpc) is 3.17. The average molecular weight is 330 g/mol. The Hall–Kier alpha value is -2.44. The highest BCUT2D eigenvalue weighted by molar-refractivity contribution is 5.83. The van der Waals surface area contributed by atoms with E-state index in [1.54, 1.807) is 16.9 Å². The molecule has 3 rings (SSSR count). The number of fused-ring (bicyclic) bond motifs is 1. The van der Waals surface area contributed by atoms with Crippen molar-refractivity contribution in [3.05, 3.63) is 34.5 Å². The number of nitrogens with zero attached hydrogens (tertiary/aromatic N) is 4. The molecule has 1 aliphatic rings. The van der Waals surface area contributed by atoms with E-state index in [0.717, 1.165) is 31.1 Å². The van der Waals surface area contributed by atoms with E-state index < -0.39 is 4.92 Å². The molecule has 0 saturated heterocycles. The van der Waals surface area contributed by atoms with E-state index in [9.17, 15) is 14.9 Å². The number of hydrogen-bond acceptors (Lipinski definition) is 4. The standard InChI is InChI=1S/C17H22N4O3/c1-12(2)20(14-5-3-4-6-14)17(22)11-19-16-9-15(21(23)24)8-7-13(16)10-18-19/h7-10,12,14H,3-6,11H2,1-2H3. The summed E-state index contributed by atoms with van der Waals surface area (Å²) in [6, 6.07) is 5.03. The predicted octanol–water partition coefficient (Wildman–Crippen LogP) is 3.12. The summed E-state index contributed by atoms with van der Waals surface area (Å²) in [4.78, 5) is 25.3. The van der Waals surface area contributed by atoms with Crippen molar-refractivity contribution in [2.24, 2.45) is 0 Å². The second-order valence-electron chi connectivity index (χ2n) is 6.64. The Bertz CT molecular complexity index is 762. The molecule has 1 fully saturated rings.